The van der Waals surface area contributed by atoms with Gasteiger partial charge in [0, 0.05) is 19.6 Å². The third kappa shape index (κ3) is 3.32. The smallest absolute Gasteiger partial charge is 0.0739 e. The SMILES string of the molecule is CCCC(CC)NCc1c(Br)c(C)nn1C. The van der Waals surface area contributed by atoms with Gasteiger partial charge in [0.05, 0.1) is 15.9 Å². The zero-order valence-corrected chi connectivity index (χ0v) is 12.3. The van der Waals surface area contributed by atoms with Gasteiger partial charge in [-0.15, -0.1) is 0 Å². The second-order valence-corrected chi connectivity index (χ2v) is 5.04. The normalized spacial score (nSPS) is 13.1. The molecule has 0 aromatic carbocycles. The van der Waals surface area contributed by atoms with Crippen LogP contribution in [0, 0.1) is 6.92 Å². The van der Waals surface area contributed by atoms with Crippen molar-refractivity contribution in [1.82, 2.24) is 15.1 Å². The molecule has 0 saturated heterocycles. The highest BCUT2D eigenvalue weighted by Gasteiger charge is 2.12. The molecule has 92 valence electrons. The van der Waals surface area contributed by atoms with Crippen LogP contribution in [0.3, 0.4) is 0 Å². The van der Waals surface area contributed by atoms with E-state index in [0.717, 1.165) is 16.7 Å². The van der Waals surface area contributed by atoms with Crippen LogP contribution in [0.5, 0.6) is 0 Å². The summed E-state index contributed by atoms with van der Waals surface area (Å²) in [6.07, 6.45) is 3.66. The zero-order chi connectivity index (χ0) is 12.1. The first-order chi connectivity index (χ1) is 7.60. The molecule has 16 heavy (non-hydrogen) atoms. The number of rotatable bonds is 6. The van der Waals surface area contributed by atoms with Crippen molar-refractivity contribution in [2.45, 2.75) is 52.6 Å². The van der Waals surface area contributed by atoms with Gasteiger partial charge in [-0.2, -0.15) is 5.10 Å². The number of hydrogen-bond donors (Lipinski definition) is 1. The predicted molar refractivity (Wildman–Crippen MR) is 71.5 cm³/mol. The quantitative estimate of drug-likeness (QED) is 0.871. The van der Waals surface area contributed by atoms with E-state index in [-0.39, 0.29) is 0 Å². The van der Waals surface area contributed by atoms with Crippen molar-refractivity contribution >= 4 is 15.9 Å². The van der Waals surface area contributed by atoms with E-state index >= 15 is 0 Å². The predicted octanol–water partition coefficient (Wildman–Crippen LogP) is 3.16. The highest BCUT2D eigenvalue weighted by molar-refractivity contribution is 9.10. The summed E-state index contributed by atoms with van der Waals surface area (Å²) in [6.45, 7) is 7.37. The van der Waals surface area contributed by atoms with Crippen molar-refractivity contribution in [3.63, 3.8) is 0 Å². The fraction of sp³-hybridized carbons (Fsp3) is 0.750. The molecular weight excluding hydrogens is 266 g/mol. The maximum absolute atomic E-state index is 4.39. The van der Waals surface area contributed by atoms with Crippen LogP contribution in [-0.4, -0.2) is 15.8 Å². The van der Waals surface area contributed by atoms with Gasteiger partial charge in [0.15, 0.2) is 0 Å². The molecule has 3 nitrogen and oxygen atoms in total. The maximum Gasteiger partial charge on any atom is 0.0739 e. The Kier molecular flexibility index (Phi) is 5.49. The summed E-state index contributed by atoms with van der Waals surface area (Å²) in [5.74, 6) is 0. The van der Waals surface area contributed by atoms with Crippen molar-refractivity contribution in [2.24, 2.45) is 7.05 Å². The van der Waals surface area contributed by atoms with Crippen LogP contribution in [0.25, 0.3) is 0 Å². The summed E-state index contributed by atoms with van der Waals surface area (Å²) in [5.41, 5.74) is 2.29. The molecule has 0 radical (unpaired) electrons. The van der Waals surface area contributed by atoms with Crippen molar-refractivity contribution in [2.75, 3.05) is 0 Å². The molecule has 0 aliphatic rings. The minimum Gasteiger partial charge on any atom is -0.308 e. The van der Waals surface area contributed by atoms with E-state index in [0.29, 0.717) is 6.04 Å². The summed E-state index contributed by atoms with van der Waals surface area (Å²) < 4.78 is 3.08. The van der Waals surface area contributed by atoms with Crippen LogP contribution < -0.4 is 5.32 Å². The average molecular weight is 288 g/mol. The van der Waals surface area contributed by atoms with E-state index in [1.54, 1.807) is 0 Å². The van der Waals surface area contributed by atoms with Crippen LogP contribution in [-0.2, 0) is 13.6 Å². The van der Waals surface area contributed by atoms with Gasteiger partial charge >= 0.3 is 0 Å². The van der Waals surface area contributed by atoms with Gasteiger partial charge in [0.25, 0.3) is 0 Å². The first-order valence-corrected chi connectivity index (χ1v) is 6.80. The van der Waals surface area contributed by atoms with Gasteiger partial charge in [-0.05, 0) is 35.7 Å². The molecule has 1 aromatic rings. The summed E-state index contributed by atoms with van der Waals surface area (Å²) in [5, 5.41) is 7.98. The largest absolute Gasteiger partial charge is 0.308 e. The van der Waals surface area contributed by atoms with Crippen LogP contribution >= 0.6 is 15.9 Å². The Morgan fingerprint density at radius 1 is 1.44 bits per heavy atom. The highest BCUT2D eigenvalue weighted by atomic mass is 79.9. The standard InChI is InChI=1S/C12H22BrN3/c1-5-7-10(6-2)14-8-11-12(13)9(3)15-16(11)4/h10,14H,5-8H2,1-4H3. The molecule has 1 unspecified atom stereocenters. The van der Waals surface area contributed by atoms with Crippen LogP contribution in [0.15, 0.2) is 4.47 Å². The van der Waals surface area contributed by atoms with E-state index in [9.17, 15) is 0 Å². The van der Waals surface area contributed by atoms with Gasteiger partial charge in [0.2, 0.25) is 0 Å². The molecule has 0 amide bonds. The molecule has 0 aliphatic heterocycles. The molecule has 1 N–H and O–H groups in total. The Hall–Kier alpha value is -0.350. The van der Waals surface area contributed by atoms with E-state index < -0.39 is 0 Å². The van der Waals surface area contributed by atoms with Crippen molar-refractivity contribution in [3.05, 3.63) is 15.9 Å². The first kappa shape index (κ1) is 13.7. The average Bonchev–Trinajstić information content (AvgIpc) is 2.49. The minimum atomic E-state index is 0.618. The van der Waals surface area contributed by atoms with Gasteiger partial charge in [-0.3, -0.25) is 4.68 Å². The van der Waals surface area contributed by atoms with Crippen LogP contribution in [0.4, 0.5) is 0 Å². The fourth-order valence-corrected chi connectivity index (χ4v) is 2.39. The van der Waals surface area contributed by atoms with Gasteiger partial charge < -0.3 is 5.32 Å². The van der Waals surface area contributed by atoms with E-state index in [1.807, 2.05) is 18.7 Å². The Labute approximate surface area is 107 Å². The molecule has 0 bridgehead atoms. The maximum atomic E-state index is 4.39. The highest BCUT2D eigenvalue weighted by Crippen LogP contribution is 2.20. The molecule has 0 aliphatic carbocycles. The Morgan fingerprint density at radius 2 is 2.12 bits per heavy atom. The lowest BCUT2D eigenvalue weighted by atomic mass is 10.1. The number of aromatic nitrogens is 2. The Bertz CT molecular complexity index is 333. The molecule has 1 atom stereocenters. The second kappa shape index (κ2) is 6.40. The Morgan fingerprint density at radius 3 is 2.56 bits per heavy atom. The van der Waals surface area contributed by atoms with Crippen molar-refractivity contribution in [3.8, 4) is 0 Å². The minimum absolute atomic E-state index is 0.618. The molecule has 0 fully saturated rings. The van der Waals surface area contributed by atoms with E-state index in [1.165, 1.54) is 25.0 Å². The van der Waals surface area contributed by atoms with Crippen molar-refractivity contribution in [1.29, 1.82) is 0 Å². The molecule has 4 heteroatoms. The number of hydrogen-bond acceptors (Lipinski definition) is 2. The Balaban J connectivity index is 2.59. The third-order valence-corrected chi connectivity index (χ3v) is 3.98. The number of aryl methyl sites for hydroxylation is 2. The van der Waals surface area contributed by atoms with E-state index in [4.69, 9.17) is 0 Å². The van der Waals surface area contributed by atoms with Gasteiger partial charge in [-0.25, -0.2) is 0 Å². The fourth-order valence-electron chi connectivity index (χ4n) is 1.91. The molecule has 0 spiro atoms. The lowest BCUT2D eigenvalue weighted by molar-refractivity contribution is 0.453. The topological polar surface area (TPSA) is 29.9 Å². The third-order valence-electron chi connectivity index (χ3n) is 2.95. The molecule has 1 heterocycles. The number of nitrogens with zero attached hydrogens (tertiary/aromatic N) is 2. The number of nitrogens with one attached hydrogen (secondary N) is 1. The molecule has 0 saturated carbocycles. The summed E-state index contributed by atoms with van der Waals surface area (Å²) in [7, 11) is 2.00. The van der Waals surface area contributed by atoms with Gasteiger partial charge in [0.1, 0.15) is 0 Å². The molecular formula is C12H22BrN3. The summed E-state index contributed by atoms with van der Waals surface area (Å²) in [4.78, 5) is 0. The molecule has 1 rings (SSSR count). The first-order valence-electron chi connectivity index (χ1n) is 6.01. The molecule has 1 aromatic heterocycles. The summed E-state index contributed by atoms with van der Waals surface area (Å²) in [6, 6.07) is 0.618. The van der Waals surface area contributed by atoms with Crippen molar-refractivity contribution < 1.29 is 0 Å². The van der Waals surface area contributed by atoms with Gasteiger partial charge in [-0.1, -0.05) is 20.3 Å². The summed E-state index contributed by atoms with van der Waals surface area (Å²) >= 11 is 3.59. The monoisotopic (exact) mass is 287 g/mol. The second-order valence-electron chi connectivity index (χ2n) is 4.24. The lowest BCUT2D eigenvalue weighted by Crippen LogP contribution is -2.28. The number of halogens is 1. The van der Waals surface area contributed by atoms with Crippen LogP contribution in [0.1, 0.15) is 44.5 Å². The lowest BCUT2D eigenvalue weighted by Gasteiger charge is -2.16. The van der Waals surface area contributed by atoms with Crippen LogP contribution in [0.2, 0.25) is 0 Å². The zero-order valence-electron chi connectivity index (χ0n) is 10.7. The van der Waals surface area contributed by atoms with E-state index in [2.05, 4.69) is 40.2 Å².